The summed E-state index contributed by atoms with van der Waals surface area (Å²) in [6.07, 6.45) is 3.41. The van der Waals surface area contributed by atoms with Gasteiger partial charge in [-0.2, -0.15) is 0 Å². The molecule has 4 aromatic rings. The zero-order valence-corrected chi connectivity index (χ0v) is 15.4. The van der Waals surface area contributed by atoms with Crippen molar-refractivity contribution in [3.05, 3.63) is 96.1 Å². The summed E-state index contributed by atoms with van der Waals surface area (Å²) in [5.74, 6) is 0.422. The predicted octanol–water partition coefficient (Wildman–Crippen LogP) is 3.57. The number of amides is 1. The van der Waals surface area contributed by atoms with Crippen LogP contribution < -0.4 is 5.32 Å². The molecule has 0 saturated carbocycles. The summed E-state index contributed by atoms with van der Waals surface area (Å²) in [5.41, 5.74) is 3.81. The van der Waals surface area contributed by atoms with Crippen LogP contribution in [0.4, 0.5) is 0 Å². The van der Waals surface area contributed by atoms with Gasteiger partial charge in [-0.3, -0.25) is 9.78 Å². The van der Waals surface area contributed by atoms with Crippen molar-refractivity contribution in [3.8, 4) is 17.1 Å². The molecule has 0 atom stereocenters. The Balaban J connectivity index is 1.66. The minimum Gasteiger partial charge on any atom is -0.345 e. The molecule has 0 unspecified atom stereocenters. The second-order valence-corrected chi connectivity index (χ2v) is 6.42. The van der Waals surface area contributed by atoms with Crippen LogP contribution in [-0.4, -0.2) is 25.7 Å². The monoisotopic (exact) mass is 369 g/mol. The molecule has 1 amide bonds. The third kappa shape index (κ3) is 3.81. The van der Waals surface area contributed by atoms with Gasteiger partial charge in [-0.05, 0) is 30.7 Å². The Labute approximate surface area is 162 Å². The van der Waals surface area contributed by atoms with E-state index in [1.54, 1.807) is 17.1 Å². The lowest BCUT2D eigenvalue weighted by atomic mass is 10.2. The van der Waals surface area contributed by atoms with Gasteiger partial charge in [0.2, 0.25) is 5.82 Å². The van der Waals surface area contributed by atoms with Gasteiger partial charge in [-0.15, -0.1) is 5.10 Å². The molecule has 0 fully saturated rings. The second kappa shape index (κ2) is 7.84. The van der Waals surface area contributed by atoms with Crippen LogP contribution in [0, 0.1) is 6.92 Å². The van der Waals surface area contributed by atoms with E-state index in [1.807, 2.05) is 73.7 Å². The highest BCUT2D eigenvalue weighted by Crippen LogP contribution is 2.21. The molecular weight excluding hydrogens is 350 g/mol. The maximum atomic E-state index is 12.6. The summed E-state index contributed by atoms with van der Waals surface area (Å²) in [6.45, 7) is 2.40. The average Bonchev–Trinajstić information content (AvgIpc) is 3.19. The lowest BCUT2D eigenvalue weighted by Gasteiger charge is -2.06. The Morgan fingerprint density at radius 2 is 1.79 bits per heavy atom. The van der Waals surface area contributed by atoms with E-state index in [4.69, 9.17) is 0 Å². The van der Waals surface area contributed by atoms with Crippen molar-refractivity contribution < 1.29 is 4.79 Å². The summed E-state index contributed by atoms with van der Waals surface area (Å²) in [6, 6.07) is 21.4. The highest BCUT2D eigenvalue weighted by Gasteiger charge is 2.18. The number of nitrogens with zero attached hydrogens (tertiary/aromatic N) is 4. The lowest BCUT2D eigenvalue weighted by Crippen LogP contribution is -2.24. The number of aromatic nitrogens is 4. The normalized spacial score (nSPS) is 10.6. The first kappa shape index (κ1) is 17.6. The van der Waals surface area contributed by atoms with Crippen molar-refractivity contribution in [1.82, 2.24) is 25.1 Å². The maximum absolute atomic E-state index is 12.6. The Hall–Kier alpha value is -3.80. The third-order valence-corrected chi connectivity index (χ3v) is 4.30. The molecular formula is C22H19N5O. The van der Waals surface area contributed by atoms with Crippen LogP contribution in [0.15, 0.2) is 79.1 Å². The molecule has 0 spiro atoms. The minimum atomic E-state index is -0.327. The van der Waals surface area contributed by atoms with Gasteiger partial charge in [0, 0.05) is 24.5 Å². The lowest BCUT2D eigenvalue weighted by molar-refractivity contribution is 0.0940. The molecule has 6 heteroatoms. The van der Waals surface area contributed by atoms with Crippen molar-refractivity contribution >= 4 is 5.91 Å². The smallest absolute Gasteiger partial charge is 0.291 e. The predicted molar refractivity (Wildman–Crippen MR) is 107 cm³/mol. The molecule has 4 rings (SSSR count). The van der Waals surface area contributed by atoms with E-state index >= 15 is 0 Å². The van der Waals surface area contributed by atoms with Crippen LogP contribution in [0.25, 0.3) is 17.1 Å². The standard InChI is InChI=1S/C22H19N5O/c1-16-9-11-19(12-10-16)27-21(18-7-3-2-4-8-18)25-20(26-27)22(28)24-15-17-6-5-13-23-14-17/h2-14H,15H2,1H3,(H,24,28). The summed E-state index contributed by atoms with van der Waals surface area (Å²) in [4.78, 5) is 21.2. The molecule has 1 N–H and O–H groups in total. The Kier molecular flexibility index (Phi) is 4.93. The van der Waals surface area contributed by atoms with Gasteiger partial charge < -0.3 is 5.32 Å². The number of carbonyl (C=O) groups excluding carboxylic acids is 1. The van der Waals surface area contributed by atoms with Crippen LogP contribution in [0.5, 0.6) is 0 Å². The first-order valence-electron chi connectivity index (χ1n) is 8.97. The van der Waals surface area contributed by atoms with Gasteiger partial charge >= 0.3 is 0 Å². The van der Waals surface area contributed by atoms with Crippen molar-refractivity contribution in [2.75, 3.05) is 0 Å². The molecule has 138 valence electrons. The summed E-state index contributed by atoms with van der Waals surface area (Å²) < 4.78 is 1.70. The fraction of sp³-hybridized carbons (Fsp3) is 0.0909. The maximum Gasteiger partial charge on any atom is 0.291 e. The van der Waals surface area contributed by atoms with Gasteiger partial charge in [0.1, 0.15) is 0 Å². The summed E-state index contributed by atoms with van der Waals surface area (Å²) >= 11 is 0. The van der Waals surface area contributed by atoms with Crippen LogP contribution >= 0.6 is 0 Å². The van der Waals surface area contributed by atoms with Crippen LogP contribution in [0.1, 0.15) is 21.7 Å². The summed E-state index contributed by atoms with van der Waals surface area (Å²) in [5, 5.41) is 7.33. The zero-order valence-electron chi connectivity index (χ0n) is 15.4. The van der Waals surface area contributed by atoms with Gasteiger partial charge in [0.25, 0.3) is 5.91 Å². The second-order valence-electron chi connectivity index (χ2n) is 6.42. The van der Waals surface area contributed by atoms with E-state index in [2.05, 4.69) is 20.4 Å². The number of nitrogens with one attached hydrogen (secondary N) is 1. The quantitative estimate of drug-likeness (QED) is 0.584. The molecule has 0 bridgehead atoms. The number of aryl methyl sites for hydroxylation is 1. The van der Waals surface area contributed by atoms with E-state index in [0.717, 1.165) is 22.4 Å². The average molecular weight is 369 g/mol. The molecule has 0 aliphatic heterocycles. The zero-order chi connectivity index (χ0) is 19.3. The Morgan fingerprint density at radius 3 is 2.50 bits per heavy atom. The molecule has 2 heterocycles. The van der Waals surface area contributed by atoms with E-state index in [9.17, 15) is 4.79 Å². The number of pyridine rings is 1. The third-order valence-electron chi connectivity index (χ3n) is 4.30. The molecule has 2 aromatic heterocycles. The van der Waals surface area contributed by atoms with E-state index in [1.165, 1.54) is 0 Å². The largest absolute Gasteiger partial charge is 0.345 e. The first-order chi connectivity index (χ1) is 13.7. The highest BCUT2D eigenvalue weighted by molar-refractivity contribution is 5.91. The Bertz CT molecular complexity index is 1070. The first-order valence-corrected chi connectivity index (χ1v) is 8.97. The van der Waals surface area contributed by atoms with Crippen molar-refractivity contribution in [3.63, 3.8) is 0 Å². The molecule has 0 radical (unpaired) electrons. The van der Waals surface area contributed by atoms with E-state index < -0.39 is 0 Å². The van der Waals surface area contributed by atoms with Crippen molar-refractivity contribution in [2.24, 2.45) is 0 Å². The van der Waals surface area contributed by atoms with Gasteiger partial charge in [-0.1, -0.05) is 54.1 Å². The molecule has 6 nitrogen and oxygen atoms in total. The molecule has 0 aliphatic rings. The number of rotatable bonds is 5. The fourth-order valence-corrected chi connectivity index (χ4v) is 2.81. The van der Waals surface area contributed by atoms with Crippen LogP contribution in [0.2, 0.25) is 0 Å². The fourth-order valence-electron chi connectivity index (χ4n) is 2.81. The van der Waals surface area contributed by atoms with Crippen LogP contribution in [0.3, 0.4) is 0 Å². The topological polar surface area (TPSA) is 72.7 Å². The SMILES string of the molecule is Cc1ccc(-n2nc(C(=O)NCc3cccnc3)nc2-c2ccccc2)cc1. The van der Waals surface area contributed by atoms with E-state index in [0.29, 0.717) is 12.4 Å². The van der Waals surface area contributed by atoms with Crippen molar-refractivity contribution in [2.45, 2.75) is 13.5 Å². The Morgan fingerprint density at radius 1 is 1.00 bits per heavy atom. The highest BCUT2D eigenvalue weighted by atomic mass is 16.2. The minimum absolute atomic E-state index is 0.128. The molecule has 0 saturated heterocycles. The van der Waals surface area contributed by atoms with Gasteiger partial charge in [0.15, 0.2) is 5.82 Å². The summed E-state index contributed by atoms with van der Waals surface area (Å²) in [7, 11) is 0. The van der Waals surface area contributed by atoms with Gasteiger partial charge in [0.05, 0.1) is 5.69 Å². The number of hydrogen-bond donors (Lipinski definition) is 1. The van der Waals surface area contributed by atoms with Crippen molar-refractivity contribution in [1.29, 1.82) is 0 Å². The molecule has 0 aliphatic carbocycles. The van der Waals surface area contributed by atoms with Gasteiger partial charge in [-0.25, -0.2) is 9.67 Å². The van der Waals surface area contributed by atoms with Crippen LogP contribution in [-0.2, 0) is 6.54 Å². The number of benzene rings is 2. The molecule has 28 heavy (non-hydrogen) atoms. The number of carbonyl (C=O) groups is 1. The molecule has 2 aromatic carbocycles. The number of hydrogen-bond acceptors (Lipinski definition) is 4. The van der Waals surface area contributed by atoms with E-state index in [-0.39, 0.29) is 11.7 Å².